The molecule has 124 valence electrons. The Kier molecular flexibility index (Phi) is 7.87. The molecule has 22 heavy (non-hydrogen) atoms. The molecule has 1 saturated heterocycles. The summed E-state index contributed by atoms with van der Waals surface area (Å²) >= 11 is 0. The van der Waals surface area contributed by atoms with Crippen molar-refractivity contribution in [2.45, 2.75) is 31.8 Å². The van der Waals surface area contributed by atoms with Crippen molar-refractivity contribution in [2.75, 3.05) is 33.3 Å². The number of rotatable bonds is 6. The first-order chi connectivity index (χ1) is 10.2. The molecule has 4 nitrogen and oxygen atoms in total. The monoisotopic (exact) mass is 326 g/mol. The number of benzene rings is 1. The topological polar surface area (TPSA) is 41.6 Å². The van der Waals surface area contributed by atoms with Gasteiger partial charge < -0.3 is 15.0 Å². The molecule has 1 aromatic rings. The first-order valence-electron chi connectivity index (χ1n) is 7.81. The van der Waals surface area contributed by atoms with Crippen LogP contribution in [-0.4, -0.2) is 49.7 Å². The number of nitrogens with zero attached hydrogens (tertiary/aromatic N) is 1. The molecule has 1 aliphatic rings. The molecule has 1 aliphatic heterocycles. The number of carbonyl (C=O) groups is 1. The lowest BCUT2D eigenvalue weighted by Gasteiger charge is -2.38. The van der Waals surface area contributed by atoms with E-state index in [-0.39, 0.29) is 18.3 Å². The third kappa shape index (κ3) is 4.45. The van der Waals surface area contributed by atoms with Crippen molar-refractivity contribution in [2.24, 2.45) is 0 Å². The Hall–Kier alpha value is -1.10. The summed E-state index contributed by atoms with van der Waals surface area (Å²) in [5, 5.41) is 3.29. The fraction of sp³-hybridized carbons (Fsp3) is 0.588. The van der Waals surface area contributed by atoms with Gasteiger partial charge in [0.25, 0.3) is 5.91 Å². The van der Waals surface area contributed by atoms with Gasteiger partial charge in [0.1, 0.15) is 5.60 Å². The number of halogens is 1. The zero-order valence-corrected chi connectivity index (χ0v) is 14.3. The summed E-state index contributed by atoms with van der Waals surface area (Å²) in [6, 6.07) is 10.3. The van der Waals surface area contributed by atoms with Crippen molar-refractivity contribution in [3.05, 3.63) is 35.9 Å². The molecular weight excluding hydrogens is 300 g/mol. The molecule has 0 atom stereocenters. The van der Waals surface area contributed by atoms with E-state index in [0.717, 1.165) is 45.4 Å². The highest BCUT2D eigenvalue weighted by Gasteiger charge is 2.41. The van der Waals surface area contributed by atoms with Crippen molar-refractivity contribution < 1.29 is 9.53 Å². The summed E-state index contributed by atoms with van der Waals surface area (Å²) in [5.41, 5.74) is 0.637. The standard InChI is InChI=1S/C17H26N2O2.ClH/c1-3-19(14-9-15-7-5-4-6-8-15)16(20)17(21-2)10-12-18-13-11-17;/h4-8,18H,3,9-14H2,1-2H3;1H. The molecule has 1 N–H and O–H groups in total. The highest BCUT2D eigenvalue weighted by molar-refractivity contribution is 5.85. The molecule has 1 aromatic carbocycles. The zero-order valence-electron chi connectivity index (χ0n) is 13.5. The lowest BCUT2D eigenvalue weighted by Crippen LogP contribution is -2.55. The van der Waals surface area contributed by atoms with Crippen molar-refractivity contribution in [3.63, 3.8) is 0 Å². The van der Waals surface area contributed by atoms with Crippen molar-refractivity contribution >= 4 is 18.3 Å². The van der Waals surface area contributed by atoms with Crippen LogP contribution in [0, 0.1) is 0 Å². The Morgan fingerprint density at radius 1 is 1.27 bits per heavy atom. The normalized spacial score (nSPS) is 16.6. The van der Waals surface area contributed by atoms with E-state index in [1.54, 1.807) is 7.11 Å². The molecule has 2 rings (SSSR count). The first kappa shape index (κ1) is 18.9. The summed E-state index contributed by atoms with van der Waals surface area (Å²) < 4.78 is 5.64. The SMILES string of the molecule is CCN(CCc1ccccc1)C(=O)C1(OC)CCNCC1.Cl. The molecule has 1 amide bonds. The van der Waals surface area contributed by atoms with E-state index < -0.39 is 5.60 Å². The van der Waals surface area contributed by atoms with Gasteiger partial charge in [-0.05, 0) is 44.8 Å². The van der Waals surface area contributed by atoms with Gasteiger partial charge in [-0.3, -0.25) is 4.79 Å². The number of hydrogen-bond donors (Lipinski definition) is 1. The maximum atomic E-state index is 12.9. The molecule has 1 fully saturated rings. The van der Waals surface area contributed by atoms with Gasteiger partial charge in [-0.15, -0.1) is 12.4 Å². The molecule has 0 aromatic heterocycles. The minimum absolute atomic E-state index is 0. The molecule has 0 bridgehead atoms. The van der Waals surface area contributed by atoms with Gasteiger partial charge in [-0.2, -0.15) is 0 Å². The van der Waals surface area contributed by atoms with E-state index in [4.69, 9.17) is 4.74 Å². The average molecular weight is 327 g/mol. The van der Waals surface area contributed by atoms with Crippen molar-refractivity contribution in [1.29, 1.82) is 0 Å². The highest BCUT2D eigenvalue weighted by Crippen LogP contribution is 2.25. The third-order valence-electron chi connectivity index (χ3n) is 4.37. The van der Waals surface area contributed by atoms with E-state index in [1.165, 1.54) is 5.56 Å². The minimum Gasteiger partial charge on any atom is -0.368 e. The summed E-state index contributed by atoms with van der Waals surface area (Å²) in [7, 11) is 1.66. The van der Waals surface area contributed by atoms with Crippen LogP contribution in [0.25, 0.3) is 0 Å². The molecular formula is C17H27ClN2O2. The van der Waals surface area contributed by atoms with Crippen LogP contribution < -0.4 is 5.32 Å². The van der Waals surface area contributed by atoms with Gasteiger partial charge >= 0.3 is 0 Å². The molecule has 0 aliphatic carbocycles. The second-order valence-electron chi connectivity index (χ2n) is 5.57. The average Bonchev–Trinajstić information content (AvgIpc) is 2.56. The van der Waals surface area contributed by atoms with Crippen molar-refractivity contribution in [1.82, 2.24) is 10.2 Å². The maximum absolute atomic E-state index is 12.9. The van der Waals surface area contributed by atoms with Crippen LogP contribution >= 0.6 is 12.4 Å². The Morgan fingerprint density at radius 2 is 1.91 bits per heavy atom. The largest absolute Gasteiger partial charge is 0.368 e. The predicted octanol–water partition coefficient (Wildman–Crippen LogP) is 2.27. The van der Waals surface area contributed by atoms with Crippen LogP contribution in [0.4, 0.5) is 0 Å². The second-order valence-corrected chi connectivity index (χ2v) is 5.57. The van der Waals surface area contributed by atoms with E-state index in [1.807, 2.05) is 30.0 Å². The zero-order chi connectivity index (χ0) is 15.1. The lowest BCUT2D eigenvalue weighted by molar-refractivity contribution is -0.158. The van der Waals surface area contributed by atoms with Crippen LogP contribution in [0.2, 0.25) is 0 Å². The third-order valence-corrected chi connectivity index (χ3v) is 4.37. The Bertz CT molecular complexity index is 447. The maximum Gasteiger partial charge on any atom is 0.254 e. The first-order valence-corrected chi connectivity index (χ1v) is 7.81. The predicted molar refractivity (Wildman–Crippen MR) is 91.5 cm³/mol. The second kappa shape index (κ2) is 9.13. The van der Waals surface area contributed by atoms with E-state index in [0.29, 0.717) is 0 Å². The number of nitrogens with one attached hydrogen (secondary N) is 1. The number of carbonyl (C=O) groups excluding carboxylic acids is 1. The van der Waals surface area contributed by atoms with Crippen LogP contribution in [0.1, 0.15) is 25.3 Å². The Balaban J connectivity index is 0.00000242. The number of methoxy groups -OCH3 is 1. The van der Waals surface area contributed by atoms with Crippen LogP contribution in [-0.2, 0) is 16.0 Å². The van der Waals surface area contributed by atoms with E-state index in [2.05, 4.69) is 17.4 Å². The van der Waals surface area contributed by atoms with Crippen LogP contribution in [0.15, 0.2) is 30.3 Å². The van der Waals surface area contributed by atoms with Gasteiger partial charge in [0.15, 0.2) is 0 Å². The van der Waals surface area contributed by atoms with Gasteiger partial charge in [-0.25, -0.2) is 0 Å². The van der Waals surface area contributed by atoms with Gasteiger partial charge in [0.05, 0.1) is 0 Å². The summed E-state index contributed by atoms with van der Waals surface area (Å²) in [6.07, 6.45) is 2.40. The number of hydrogen-bond acceptors (Lipinski definition) is 3. The lowest BCUT2D eigenvalue weighted by atomic mass is 9.90. The van der Waals surface area contributed by atoms with Crippen molar-refractivity contribution in [3.8, 4) is 0 Å². The fourth-order valence-electron chi connectivity index (χ4n) is 2.94. The number of ether oxygens (including phenoxy) is 1. The molecule has 0 spiro atoms. The molecule has 1 heterocycles. The number of likely N-dealkylation sites (N-methyl/N-ethyl adjacent to an activating group) is 1. The van der Waals surface area contributed by atoms with Crippen LogP contribution in [0.3, 0.4) is 0 Å². The summed E-state index contributed by atoms with van der Waals surface area (Å²) in [6.45, 7) is 5.20. The van der Waals surface area contributed by atoms with Crippen LogP contribution in [0.5, 0.6) is 0 Å². The molecule has 0 saturated carbocycles. The Labute approximate surface area is 139 Å². The van der Waals surface area contributed by atoms with Gasteiger partial charge in [0.2, 0.25) is 0 Å². The highest BCUT2D eigenvalue weighted by atomic mass is 35.5. The minimum atomic E-state index is -0.627. The number of amides is 1. The van der Waals surface area contributed by atoms with E-state index in [9.17, 15) is 4.79 Å². The summed E-state index contributed by atoms with van der Waals surface area (Å²) in [5.74, 6) is 0.143. The fourth-order valence-corrected chi connectivity index (χ4v) is 2.94. The van der Waals surface area contributed by atoms with Gasteiger partial charge in [-0.1, -0.05) is 30.3 Å². The Morgan fingerprint density at radius 3 is 2.45 bits per heavy atom. The van der Waals surface area contributed by atoms with E-state index >= 15 is 0 Å². The molecule has 0 radical (unpaired) electrons. The van der Waals surface area contributed by atoms with Gasteiger partial charge in [0, 0.05) is 20.2 Å². The smallest absolute Gasteiger partial charge is 0.254 e. The number of piperidine rings is 1. The quantitative estimate of drug-likeness (QED) is 0.872. The summed E-state index contributed by atoms with van der Waals surface area (Å²) in [4.78, 5) is 14.8. The molecule has 5 heteroatoms. The molecule has 0 unspecified atom stereocenters.